The molecule has 4 nitrogen and oxygen atoms in total. The Balaban J connectivity index is 2.13. The number of nitrogens with one attached hydrogen (secondary N) is 1. The van der Waals surface area contributed by atoms with Gasteiger partial charge in [0, 0.05) is 18.0 Å². The van der Waals surface area contributed by atoms with E-state index in [9.17, 15) is 4.79 Å². The van der Waals surface area contributed by atoms with E-state index in [1.54, 1.807) is 12.1 Å². The Kier molecular flexibility index (Phi) is 3.80. The molecule has 0 saturated carbocycles. The number of aromatic nitrogens is 1. The molecule has 0 bridgehead atoms. The molecule has 0 aliphatic carbocycles. The first kappa shape index (κ1) is 13.1. The molecular formula is C15H16N2O2. The van der Waals surface area contributed by atoms with E-state index < -0.39 is 0 Å². The average molecular weight is 256 g/mol. The molecule has 0 aliphatic rings. The molecule has 0 unspecified atom stereocenters. The molecule has 1 amide bonds. The quantitative estimate of drug-likeness (QED) is 0.918. The van der Waals surface area contributed by atoms with Crippen molar-refractivity contribution in [1.29, 1.82) is 0 Å². The lowest BCUT2D eigenvalue weighted by Crippen LogP contribution is -2.12. The summed E-state index contributed by atoms with van der Waals surface area (Å²) in [7, 11) is 1.54. The van der Waals surface area contributed by atoms with Crippen molar-refractivity contribution >= 4 is 11.6 Å². The van der Waals surface area contributed by atoms with Crippen molar-refractivity contribution in [3.8, 4) is 5.88 Å². The van der Waals surface area contributed by atoms with Crippen LogP contribution in [0.5, 0.6) is 5.88 Å². The van der Waals surface area contributed by atoms with E-state index >= 15 is 0 Å². The van der Waals surface area contributed by atoms with Gasteiger partial charge in [-0.25, -0.2) is 4.98 Å². The van der Waals surface area contributed by atoms with Gasteiger partial charge in [0.2, 0.25) is 5.88 Å². The van der Waals surface area contributed by atoms with Crippen molar-refractivity contribution < 1.29 is 9.53 Å². The van der Waals surface area contributed by atoms with Gasteiger partial charge in [0.15, 0.2) is 0 Å². The third-order valence-corrected chi connectivity index (χ3v) is 2.97. The minimum atomic E-state index is -0.182. The fraction of sp³-hybridized carbons (Fsp3) is 0.200. The summed E-state index contributed by atoms with van der Waals surface area (Å²) in [6, 6.07) is 9.16. The maximum absolute atomic E-state index is 12.0. The van der Waals surface area contributed by atoms with Crippen molar-refractivity contribution in [2.75, 3.05) is 12.4 Å². The number of rotatable bonds is 3. The first-order valence-corrected chi connectivity index (χ1v) is 5.99. The molecule has 98 valence electrons. The number of benzene rings is 1. The second kappa shape index (κ2) is 5.52. The highest BCUT2D eigenvalue weighted by atomic mass is 16.5. The summed E-state index contributed by atoms with van der Waals surface area (Å²) in [5, 5.41) is 2.84. The fourth-order valence-corrected chi connectivity index (χ4v) is 1.66. The zero-order valence-corrected chi connectivity index (χ0v) is 11.2. The number of hydrogen-bond donors (Lipinski definition) is 1. The number of hydrogen-bond acceptors (Lipinski definition) is 3. The number of pyridine rings is 1. The van der Waals surface area contributed by atoms with Crippen LogP contribution in [0.4, 0.5) is 5.69 Å². The fourth-order valence-electron chi connectivity index (χ4n) is 1.66. The van der Waals surface area contributed by atoms with Crippen molar-refractivity contribution in [3.05, 3.63) is 53.2 Å². The molecule has 1 heterocycles. The van der Waals surface area contributed by atoms with Crippen LogP contribution < -0.4 is 10.1 Å². The van der Waals surface area contributed by atoms with Crippen molar-refractivity contribution in [3.63, 3.8) is 0 Å². The molecule has 4 heteroatoms. The third-order valence-electron chi connectivity index (χ3n) is 2.97. The Morgan fingerprint density at radius 2 is 1.95 bits per heavy atom. The van der Waals surface area contributed by atoms with Crippen LogP contribution in [-0.4, -0.2) is 18.0 Å². The molecule has 0 atom stereocenters. The Hall–Kier alpha value is -2.36. The van der Waals surface area contributed by atoms with Gasteiger partial charge in [0.25, 0.3) is 5.91 Å². The van der Waals surface area contributed by atoms with Gasteiger partial charge in [0.1, 0.15) is 0 Å². The minimum Gasteiger partial charge on any atom is -0.481 e. The smallest absolute Gasteiger partial charge is 0.257 e. The molecule has 1 aromatic carbocycles. The van der Waals surface area contributed by atoms with Gasteiger partial charge in [-0.2, -0.15) is 0 Å². The van der Waals surface area contributed by atoms with E-state index in [-0.39, 0.29) is 5.91 Å². The van der Waals surface area contributed by atoms with Crippen LogP contribution in [0.25, 0.3) is 0 Å². The average Bonchev–Trinajstić information content (AvgIpc) is 2.43. The molecule has 0 aliphatic heterocycles. The Morgan fingerprint density at radius 3 is 2.53 bits per heavy atom. The number of amides is 1. The van der Waals surface area contributed by atoms with Crippen molar-refractivity contribution in [1.82, 2.24) is 4.98 Å². The Labute approximate surface area is 112 Å². The highest BCUT2D eigenvalue weighted by molar-refractivity contribution is 6.04. The largest absolute Gasteiger partial charge is 0.481 e. The first-order chi connectivity index (χ1) is 9.10. The topological polar surface area (TPSA) is 51.2 Å². The summed E-state index contributed by atoms with van der Waals surface area (Å²) >= 11 is 0. The molecule has 0 saturated heterocycles. The summed E-state index contributed by atoms with van der Waals surface area (Å²) in [5.41, 5.74) is 3.62. The van der Waals surface area contributed by atoms with Crippen LogP contribution in [0.1, 0.15) is 21.5 Å². The molecule has 1 aromatic heterocycles. The van der Waals surface area contributed by atoms with Gasteiger partial charge >= 0.3 is 0 Å². The van der Waals surface area contributed by atoms with Crippen molar-refractivity contribution in [2.24, 2.45) is 0 Å². The zero-order chi connectivity index (χ0) is 13.8. The normalized spacial score (nSPS) is 10.1. The van der Waals surface area contributed by atoms with Crippen LogP contribution in [-0.2, 0) is 0 Å². The van der Waals surface area contributed by atoms with Crippen LogP contribution in [0.3, 0.4) is 0 Å². The predicted molar refractivity (Wildman–Crippen MR) is 74.7 cm³/mol. The van der Waals surface area contributed by atoms with Gasteiger partial charge in [-0.05, 0) is 43.2 Å². The molecule has 19 heavy (non-hydrogen) atoms. The Bertz CT molecular complexity index is 592. The molecule has 0 fully saturated rings. The monoisotopic (exact) mass is 256 g/mol. The van der Waals surface area contributed by atoms with Gasteiger partial charge in [0.05, 0.1) is 12.7 Å². The molecule has 2 aromatic rings. The number of methoxy groups -OCH3 is 1. The third kappa shape index (κ3) is 3.10. The molecule has 1 N–H and O–H groups in total. The van der Waals surface area contributed by atoms with E-state index in [4.69, 9.17) is 4.74 Å². The summed E-state index contributed by atoms with van der Waals surface area (Å²) < 4.78 is 4.95. The van der Waals surface area contributed by atoms with Gasteiger partial charge in [-0.15, -0.1) is 0 Å². The molecule has 0 radical (unpaired) electrons. The first-order valence-electron chi connectivity index (χ1n) is 5.99. The number of aryl methyl sites for hydroxylation is 2. The number of anilines is 1. The summed E-state index contributed by atoms with van der Waals surface area (Å²) in [6.07, 6.45) is 1.50. The molecule has 0 spiro atoms. The predicted octanol–water partition coefficient (Wildman–Crippen LogP) is 2.96. The summed E-state index contributed by atoms with van der Waals surface area (Å²) in [5.74, 6) is 0.307. The Morgan fingerprint density at radius 1 is 1.16 bits per heavy atom. The van der Waals surface area contributed by atoms with Crippen molar-refractivity contribution in [2.45, 2.75) is 13.8 Å². The standard InChI is InChI=1S/C15H16N2O2/c1-10-4-6-13(8-11(10)2)17-15(18)12-5-7-14(19-3)16-9-12/h4-9H,1-3H3,(H,17,18). The number of carbonyl (C=O) groups excluding carboxylic acids is 1. The zero-order valence-electron chi connectivity index (χ0n) is 11.2. The van der Waals surface area contributed by atoms with Crippen LogP contribution in [0, 0.1) is 13.8 Å². The van der Waals surface area contributed by atoms with Crippen LogP contribution in [0.15, 0.2) is 36.5 Å². The maximum atomic E-state index is 12.0. The van der Waals surface area contributed by atoms with Crippen LogP contribution in [0.2, 0.25) is 0 Å². The lowest BCUT2D eigenvalue weighted by atomic mass is 10.1. The van der Waals surface area contributed by atoms with Crippen LogP contribution >= 0.6 is 0 Å². The lowest BCUT2D eigenvalue weighted by Gasteiger charge is -2.07. The van der Waals surface area contributed by atoms with E-state index in [0.717, 1.165) is 11.3 Å². The minimum absolute atomic E-state index is 0.182. The molecular weight excluding hydrogens is 240 g/mol. The van der Waals surface area contributed by atoms with Gasteiger partial charge in [-0.1, -0.05) is 6.07 Å². The second-order valence-electron chi connectivity index (χ2n) is 4.34. The highest BCUT2D eigenvalue weighted by Crippen LogP contribution is 2.15. The van der Waals surface area contributed by atoms with E-state index in [0.29, 0.717) is 11.4 Å². The summed E-state index contributed by atoms with van der Waals surface area (Å²) in [4.78, 5) is 16.0. The maximum Gasteiger partial charge on any atom is 0.257 e. The van der Waals surface area contributed by atoms with E-state index in [2.05, 4.69) is 10.3 Å². The van der Waals surface area contributed by atoms with Gasteiger partial charge in [-0.3, -0.25) is 4.79 Å². The van der Waals surface area contributed by atoms with E-state index in [1.165, 1.54) is 18.9 Å². The summed E-state index contributed by atoms with van der Waals surface area (Å²) in [6.45, 7) is 4.05. The SMILES string of the molecule is COc1ccc(C(=O)Nc2ccc(C)c(C)c2)cn1. The van der Waals surface area contributed by atoms with E-state index in [1.807, 2.05) is 32.0 Å². The highest BCUT2D eigenvalue weighted by Gasteiger charge is 2.07. The van der Waals surface area contributed by atoms with Gasteiger partial charge < -0.3 is 10.1 Å². The number of nitrogens with zero attached hydrogens (tertiary/aromatic N) is 1. The molecule has 2 rings (SSSR count). The number of carbonyl (C=O) groups is 1. The number of ether oxygens (including phenoxy) is 1. The second-order valence-corrected chi connectivity index (χ2v) is 4.34. The lowest BCUT2D eigenvalue weighted by molar-refractivity contribution is 0.102.